The molecule has 0 saturated carbocycles. The lowest BCUT2D eigenvalue weighted by Crippen LogP contribution is -2.36. The van der Waals surface area contributed by atoms with E-state index in [-0.39, 0.29) is 11.4 Å². The van der Waals surface area contributed by atoms with E-state index in [1.54, 1.807) is 30.3 Å². The fourth-order valence-corrected chi connectivity index (χ4v) is 4.12. The Morgan fingerprint density at radius 1 is 1.06 bits per heavy atom. The zero-order chi connectivity index (χ0) is 22.7. The molecule has 1 fully saturated rings. The second-order valence-electron chi connectivity index (χ2n) is 7.25. The van der Waals surface area contributed by atoms with Crippen molar-refractivity contribution in [2.45, 2.75) is 27.7 Å². The SMILES string of the molecule is CC(=O)Oc1ccc(/C=C2/SC(=O)N(CC(=O)Nc3c(C)cc(C)cc3C)C2=O)cc1. The van der Waals surface area contributed by atoms with Crippen LogP contribution in [0.15, 0.2) is 41.3 Å². The van der Waals surface area contributed by atoms with Gasteiger partial charge in [0.25, 0.3) is 11.1 Å². The first-order valence-electron chi connectivity index (χ1n) is 9.55. The number of nitrogens with zero attached hydrogens (tertiary/aromatic N) is 1. The molecule has 0 atom stereocenters. The lowest BCUT2D eigenvalue weighted by molar-refractivity contribution is -0.131. The number of benzene rings is 2. The number of amides is 3. The molecule has 0 bridgehead atoms. The summed E-state index contributed by atoms with van der Waals surface area (Å²) in [6.45, 7) is 6.71. The fraction of sp³-hybridized carbons (Fsp3) is 0.217. The molecule has 1 N–H and O–H groups in total. The Hall–Kier alpha value is -3.39. The number of anilines is 1. The van der Waals surface area contributed by atoms with Crippen LogP contribution in [0.5, 0.6) is 5.75 Å². The number of thioether (sulfide) groups is 1. The van der Waals surface area contributed by atoms with Crippen molar-refractivity contribution in [3.8, 4) is 5.75 Å². The summed E-state index contributed by atoms with van der Waals surface area (Å²) >= 11 is 0.781. The van der Waals surface area contributed by atoms with E-state index in [0.717, 1.165) is 33.4 Å². The highest BCUT2D eigenvalue weighted by atomic mass is 32.2. The zero-order valence-electron chi connectivity index (χ0n) is 17.6. The predicted octanol–water partition coefficient (Wildman–Crippen LogP) is 4.21. The third kappa shape index (κ3) is 5.40. The maximum absolute atomic E-state index is 12.7. The van der Waals surface area contributed by atoms with E-state index in [0.29, 0.717) is 17.0 Å². The third-order valence-corrected chi connectivity index (χ3v) is 5.46. The van der Waals surface area contributed by atoms with Crippen LogP contribution in [0.1, 0.15) is 29.2 Å². The Morgan fingerprint density at radius 2 is 1.68 bits per heavy atom. The highest BCUT2D eigenvalue weighted by Gasteiger charge is 2.36. The van der Waals surface area contributed by atoms with Gasteiger partial charge in [0.1, 0.15) is 12.3 Å². The number of rotatable bonds is 5. The van der Waals surface area contributed by atoms with Crippen LogP contribution < -0.4 is 10.1 Å². The van der Waals surface area contributed by atoms with Gasteiger partial charge in [-0.25, -0.2) is 0 Å². The minimum absolute atomic E-state index is 0.223. The van der Waals surface area contributed by atoms with Gasteiger partial charge in [-0.05, 0) is 67.4 Å². The van der Waals surface area contributed by atoms with Gasteiger partial charge < -0.3 is 10.1 Å². The summed E-state index contributed by atoms with van der Waals surface area (Å²) < 4.78 is 4.97. The molecule has 0 unspecified atom stereocenters. The van der Waals surface area contributed by atoms with Gasteiger partial charge in [-0.15, -0.1) is 0 Å². The lowest BCUT2D eigenvalue weighted by Gasteiger charge is -2.15. The summed E-state index contributed by atoms with van der Waals surface area (Å²) in [6.07, 6.45) is 1.56. The number of esters is 1. The molecule has 0 aromatic heterocycles. The highest BCUT2D eigenvalue weighted by molar-refractivity contribution is 8.18. The number of ether oxygens (including phenoxy) is 1. The van der Waals surface area contributed by atoms with Crippen molar-refractivity contribution in [3.05, 3.63) is 63.6 Å². The number of carbonyl (C=O) groups is 4. The summed E-state index contributed by atoms with van der Waals surface area (Å²) in [6, 6.07) is 10.4. The average Bonchev–Trinajstić information content (AvgIpc) is 2.93. The minimum Gasteiger partial charge on any atom is -0.427 e. The molecular weight excluding hydrogens is 416 g/mol. The first-order chi connectivity index (χ1) is 14.6. The highest BCUT2D eigenvalue weighted by Crippen LogP contribution is 2.32. The van der Waals surface area contributed by atoms with Crippen LogP contribution in [-0.4, -0.2) is 34.5 Å². The largest absolute Gasteiger partial charge is 0.427 e. The molecule has 2 aromatic carbocycles. The van der Waals surface area contributed by atoms with Crippen LogP contribution in [0.3, 0.4) is 0 Å². The molecule has 1 saturated heterocycles. The second-order valence-corrected chi connectivity index (χ2v) is 8.25. The molecule has 0 radical (unpaired) electrons. The molecule has 3 rings (SSSR count). The molecule has 2 aromatic rings. The summed E-state index contributed by atoms with van der Waals surface area (Å²) in [5.41, 5.74) is 4.27. The fourth-order valence-electron chi connectivity index (χ4n) is 3.29. The zero-order valence-corrected chi connectivity index (χ0v) is 18.5. The van der Waals surface area contributed by atoms with Gasteiger partial charge >= 0.3 is 5.97 Å². The van der Waals surface area contributed by atoms with Gasteiger partial charge in [-0.3, -0.25) is 24.1 Å². The van der Waals surface area contributed by atoms with E-state index in [2.05, 4.69) is 5.32 Å². The predicted molar refractivity (Wildman–Crippen MR) is 120 cm³/mol. The van der Waals surface area contributed by atoms with Crippen molar-refractivity contribution in [2.24, 2.45) is 0 Å². The normalized spacial score (nSPS) is 14.8. The lowest BCUT2D eigenvalue weighted by atomic mass is 10.1. The van der Waals surface area contributed by atoms with E-state index < -0.39 is 23.0 Å². The van der Waals surface area contributed by atoms with E-state index in [9.17, 15) is 19.2 Å². The van der Waals surface area contributed by atoms with Crippen LogP contribution in [0.2, 0.25) is 0 Å². The van der Waals surface area contributed by atoms with Gasteiger partial charge in [0.15, 0.2) is 0 Å². The number of imide groups is 1. The molecular formula is C23H22N2O5S. The molecule has 8 heteroatoms. The van der Waals surface area contributed by atoms with E-state index in [1.807, 2.05) is 32.9 Å². The number of hydrogen-bond acceptors (Lipinski definition) is 6. The summed E-state index contributed by atoms with van der Waals surface area (Å²) in [4.78, 5) is 49.6. The number of aryl methyl sites for hydroxylation is 3. The van der Waals surface area contributed by atoms with Crippen LogP contribution in [0, 0.1) is 20.8 Å². The van der Waals surface area contributed by atoms with Crippen LogP contribution in [0.4, 0.5) is 10.5 Å². The van der Waals surface area contributed by atoms with Crippen LogP contribution >= 0.6 is 11.8 Å². The van der Waals surface area contributed by atoms with Crippen molar-refractivity contribution in [1.82, 2.24) is 4.90 Å². The topological polar surface area (TPSA) is 92.8 Å². The molecule has 1 aliphatic heterocycles. The molecule has 3 amide bonds. The van der Waals surface area contributed by atoms with E-state index in [4.69, 9.17) is 4.74 Å². The third-order valence-electron chi connectivity index (χ3n) is 4.56. The Labute approximate surface area is 184 Å². The summed E-state index contributed by atoms with van der Waals surface area (Å²) in [5.74, 6) is -1.00. The van der Waals surface area contributed by atoms with Crippen molar-refractivity contribution < 1.29 is 23.9 Å². The smallest absolute Gasteiger partial charge is 0.308 e. The van der Waals surface area contributed by atoms with Gasteiger partial charge in [0.05, 0.1) is 4.91 Å². The van der Waals surface area contributed by atoms with Gasteiger partial charge in [0, 0.05) is 12.6 Å². The molecule has 1 heterocycles. The maximum Gasteiger partial charge on any atom is 0.308 e. The molecule has 7 nitrogen and oxygen atoms in total. The Bertz CT molecular complexity index is 1080. The first kappa shape index (κ1) is 22.3. The van der Waals surface area contributed by atoms with E-state index in [1.165, 1.54) is 6.92 Å². The molecule has 160 valence electrons. The Kier molecular flexibility index (Phi) is 6.60. The molecule has 0 aliphatic carbocycles. The Balaban J connectivity index is 1.69. The van der Waals surface area contributed by atoms with Gasteiger partial charge in [-0.2, -0.15) is 0 Å². The van der Waals surface area contributed by atoms with Crippen molar-refractivity contribution in [1.29, 1.82) is 0 Å². The van der Waals surface area contributed by atoms with Crippen molar-refractivity contribution in [3.63, 3.8) is 0 Å². The molecule has 1 aliphatic rings. The maximum atomic E-state index is 12.7. The van der Waals surface area contributed by atoms with Gasteiger partial charge in [0.2, 0.25) is 5.91 Å². The van der Waals surface area contributed by atoms with Crippen molar-refractivity contribution in [2.75, 3.05) is 11.9 Å². The Morgan fingerprint density at radius 3 is 2.26 bits per heavy atom. The van der Waals surface area contributed by atoms with E-state index >= 15 is 0 Å². The summed E-state index contributed by atoms with van der Waals surface area (Å²) in [7, 11) is 0. The number of hydrogen-bond donors (Lipinski definition) is 1. The number of nitrogens with one attached hydrogen (secondary N) is 1. The van der Waals surface area contributed by atoms with Crippen LogP contribution in [0.25, 0.3) is 6.08 Å². The minimum atomic E-state index is -0.522. The average molecular weight is 439 g/mol. The standard InChI is InChI=1S/C23H22N2O5S/c1-13-9-14(2)21(15(3)10-13)24-20(27)12-25-22(28)19(31-23(25)29)11-17-5-7-18(8-6-17)30-16(4)26/h5-11H,12H2,1-4H3,(H,24,27)/b19-11+. The summed E-state index contributed by atoms with van der Waals surface area (Å²) in [5, 5.41) is 2.31. The van der Waals surface area contributed by atoms with Crippen molar-refractivity contribution >= 4 is 46.5 Å². The van der Waals surface area contributed by atoms with Gasteiger partial charge in [-0.1, -0.05) is 29.8 Å². The molecule has 0 spiro atoms. The first-order valence-corrected chi connectivity index (χ1v) is 10.4. The monoisotopic (exact) mass is 438 g/mol. The van der Waals surface area contributed by atoms with Crippen LogP contribution in [-0.2, 0) is 14.4 Å². The second kappa shape index (κ2) is 9.18. The molecule has 31 heavy (non-hydrogen) atoms. The number of carbonyl (C=O) groups excluding carboxylic acids is 4. The quantitative estimate of drug-likeness (QED) is 0.427.